The summed E-state index contributed by atoms with van der Waals surface area (Å²) < 4.78 is 4.83. The molecule has 78 valence electrons. The summed E-state index contributed by atoms with van der Waals surface area (Å²) in [6.07, 6.45) is 0. The number of carbonyl (C=O) groups excluding carboxylic acids is 1. The smallest absolute Gasteiger partial charge is 0.252 e. The van der Waals surface area contributed by atoms with Crippen molar-refractivity contribution in [3.05, 3.63) is 23.8 Å². The van der Waals surface area contributed by atoms with Gasteiger partial charge in [-0.3, -0.25) is 4.79 Å². The van der Waals surface area contributed by atoms with Crippen molar-refractivity contribution < 1.29 is 14.6 Å². The average Bonchev–Trinajstić information content (AvgIpc) is 2.25. The van der Waals surface area contributed by atoms with E-state index in [2.05, 4.69) is 5.32 Å². The topological polar surface area (TPSA) is 82.3 Å². The fourth-order valence-electron chi connectivity index (χ4n) is 1.05. The van der Waals surface area contributed by atoms with Gasteiger partial charge in [0.15, 0.2) is 11.5 Å². The van der Waals surface area contributed by atoms with Crippen molar-refractivity contribution in [1.82, 2.24) is 5.32 Å². The lowest BCUT2D eigenvalue weighted by Gasteiger charge is -2.05. The predicted molar refractivity (Wildman–Crippen MR) is 52.6 cm³/mol. The Morgan fingerprint density at radius 1 is 1.67 bits per heavy atom. The van der Waals surface area contributed by atoms with Crippen LogP contribution in [0, 0.1) is 11.3 Å². The fraction of sp³-hybridized carbons (Fsp3) is 0.200. The van der Waals surface area contributed by atoms with Crippen LogP contribution in [0.25, 0.3) is 0 Å². The number of nitrogens with one attached hydrogen (secondary N) is 1. The molecule has 1 aromatic rings. The average molecular weight is 206 g/mol. The number of carbonyl (C=O) groups is 1. The molecule has 0 atom stereocenters. The Morgan fingerprint density at radius 3 is 2.93 bits per heavy atom. The Hall–Kier alpha value is -2.22. The Kier molecular flexibility index (Phi) is 3.52. The molecule has 0 unspecified atom stereocenters. The third-order valence-corrected chi connectivity index (χ3v) is 1.77. The summed E-state index contributed by atoms with van der Waals surface area (Å²) in [4.78, 5) is 11.3. The number of aromatic hydroxyl groups is 1. The zero-order valence-corrected chi connectivity index (χ0v) is 8.15. The lowest BCUT2D eigenvalue weighted by atomic mass is 10.2. The highest BCUT2D eigenvalue weighted by atomic mass is 16.5. The Balaban J connectivity index is 2.84. The molecule has 0 aromatic heterocycles. The SMILES string of the molecule is COc1ccc(C(=O)NCC#N)cc1O. The molecule has 5 nitrogen and oxygen atoms in total. The first-order valence-electron chi connectivity index (χ1n) is 4.21. The van der Waals surface area contributed by atoms with Crippen molar-refractivity contribution in [2.45, 2.75) is 0 Å². The van der Waals surface area contributed by atoms with Gasteiger partial charge >= 0.3 is 0 Å². The predicted octanol–water partition coefficient (Wildman–Crippen LogP) is 0.654. The second-order valence-corrected chi connectivity index (χ2v) is 2.73. The van der Waals surface area contributed by atoms with Crippen molar-refractivity contribution in [2.75, 3.05) is 13.7 Å². The second-order valence-electron chi connectivity index (χ2n) is 2.73. The zero-order valence-electron chi connectivity index (χ0n) is 8.15. The number of amides is 1. The minimum absolute atomic E-state index is 0.0639. The van der Waals surface area contributed by atoms with Gasteiger partial charge in [0.05, 0.1) is 13.2 Å². The lowest BCUT2D eigenvalue weighted by molar-refractivity contribution is 0.0958. The molecular weight excluding hydrogens is 196 g/mol. The molecule has 5 heteroatoms. The molecule has 0 aliphatic rings. The van der Waals surface area contributed by atoms with Gasteiger partial charge in [-0.2, -0.15) is 5.26 Å². The van der Waals surface area contributed by atoms with Crippen molar-refractivity contribution in [3.8, 4) is 17.6 Å². The van der Waals surface area contributed by atoms with E-state index in [0.717, 1.165) is 0 Å². The number of hydrogen-bond acceptors (Lipinski definition) is 4. The van der Waals surface area contributed by atoms with E-state index >= 15 is 0 Å². The summed E-state index contributed by atoms with van der Waals surface area (Å²) in [5.41, 5.74) is 0.281. The molecule has 0 bridgehead atoms. The van der Waals surface area contributed by atoms with E-state index in [1.807, 2.05) is 0 Å². The minimum Gasteiger partial charge on any atom is -0.504 e. The Morgan fingerprint density at radius 2 is 2.40 bits per heavy atom. The molecule has 0 aliphatic heterocycles. The van der Waals surface area contributed by atoms with Crippen molar-refractivity contribution >= 4 is 5.91 Å². The highest BCUT2D eigenvalue weighted by Gasteiger charge is 2.08. The van der Waals surface area contributed by atoms with Crippen molar-refractivity contribution in [2.24, 2.45) is 0 Å². The Labute approximate surface area is 86.9 Å². The third-order valence-electron chi connectivity index (χ3n) is 1.77. The van der Waals surface area contributed by atoms with Gasteiger partial charge in [0.2, 0.25) is 0 Å². The van der Waals surface area contributed by atoms with E-state index in [0.29, 0.717) is 5.75 Å². The molecule has 0 fully saturated rings. The van der Waals surface area contributed by atoms with Crippen LogP contribution in [0.1, 0.15) is 10.4 Å². The Bertz CT molecular complexity index is 410. The van der Waals surface area contributed by atoms with Gasteiger partial charge in [0, 0.05) is 5.56 Å². The number of nitrogens with zero attached hydrogens (tertiary/aromatic N) is 1. The molecule has 0 saturated carbocycles. The van der Waals surface area contributed by atoms with Gasteiger partial charge in [-0.15, -0.1) is 0 Å². The largest absolute Gasteiger partial charge is 0.504 e. The molecule has 0 aliphatic carbocycles. The van der Waals surface area contributed by atoms with Crippen LogP contribution in [0.4, 0.5) is 0 Å². The van der Waals surface area contributed by atoms with Crippen LogP contribution in [-0.2, 0) is 0 Å². The molecule has 0 radical (unpaired) electrons. The van der Waals surface area contributed by atoms with Crippen LogP contribution in [-0.4, -0.2) is 24.7 Å². The van der Waals surface area contributed by atoms with Gasteiger partial charge in [0.1, 0.15) is 6.54 Å². The number of rotatable bonds is 3. The van der Waals surface area contributed by atoms with E-state index in [9.17, 15) is 9.90 Å². The maximum absolute atomic E-state index is 11.3. The molecule has 0 heterocycles. The highest BCUT2D eigenvalue weighted by Crippen LogP contribution is 2.25. The summed E-state index contributed by atoms with van der Waals surface area (Å²) in [5, 5.41) is 20.0. The standard InChI is InChI=1S/C10H10N2O3/c1-15-9-3-2-7(6-8(9)13)10(14)12-5-4-11/h2-3,6,13H,5H2,1H3,(H,12,14). The first kappa shape index (κ1) is 10.9. The van der Waals surface area contributed by atoms with Crippen LogP contribution < -0.4 is 10.1 Å². The van der Waals surface area contributed by atoms with Crippen LogP contribution >= 0.6 is 0 Å². The molecule has 15 heavy (non-hydrogen) atoms. The monoisotopic (exact) mass is 206 g/mol. The number of nitriles is 1. The van der Waals surface area contributed by atoms with E-state index in [-0.39, 0.29) is 17.9 Å². The van der Waals surface area contributed by atoms with Crippen LogP contribution in [0.3, 0.4) is 0 Å². The zero-order chi connectivity index (χ0) is 11.3. The summed E-state index contributed by atoms with van der Waals surface area (Å²) in [7, 11) is 1.42. The van der Waals surface area contributed by atoms with Gasteiger partial charge < -0.3 is 15.2 Å². The van der Waals surface area contributed by atoms with E-state index in [1.54, 1.807) is 6.07 Å². The molecule has 1 amide bonds. The molecule has 1 rings (SSSR count). The summed E-state index contributed by atoms with van der Waals surface area (Å²) in [5.74, 6) is -0.219. The minimum atomic E-state index is -0.408. The maximum Gasteiger partial charge on any atom is 0.252 e. The fourth-order valence-corrected chi connectivity index (χ4v) is 1.05. The van der Waals surface area contributed by atoms with Gasteiger partial charge in [-0.25, -0.2) is 0 Å². The summed E-state index contributed by atoms with van der Waals surface area (Å²) >= 11 is 0. The summed E-state index contributed by atoms with van der Waals surface area (Å²) in [6, 6.07) is 6.06. The number of ether oxygens (including phenoxy) is 1. The molecular formula is C10H10N2O3. The lowest BCUT2D eigenvalue weighted by Crippen LogP contribution is -2.23. The highest BCUT2D eigenvalue weighted by molar-refractivity contribution is 5.94. The number of methoxy groups -OCH3 is 1. The number of hydrogen-bond donors (Lipinski definition) is 2. The van der Waals surface area contributed by atoms with Crippen LogP contribution in [0.2, 0.25) is 0 Å². The number of benzene rings is 1. The maximum atomic E-state index is 11.3. The van der Waals surface area contributed by atoms with Crippen LogP contribution in [0.5, 0.6) is 11.5 Å². The van der Waals surface area contributed by atoms with E-state index in [1.165, 1.54) is 25.3 Å². The van der Waals surface area contributed by atoms with Crippen molar-refractivity contribution in [3.63, 3.8) is 0 Å². The molecule has 0 spiro atoms. The second kappa shape index (κ2) is 4.86. The van der Waals surface area contributed by atoms with Crippen molar-refractivity contribution in [1.29, 1.82) is 5.26 Å². The van der Waals surface area contributed by atoms with E-state index < -0.39 is 5.91 Å². The first-order valence-corrected chi connectivity index (χ1v) is 4.21. The van der Waals surface area contributed by atoms with E-state index in [4.69, 9.17) is 10.00 Å². The summed E-state index contributed by atoms with van der Waals surface area (Å²) in [6.45, 7) is -0.0639. The molecule has 2 N–H and O–H groups in total. The molecule has 1 aromatic carbocycles. The third kappa shape index (κ3) is 2.61. The number of phenolic OH excluding ortho intramolecular Hbond substituents is 1. The van der Waals surface area contributed by atoms with Gasteiger partial charge in [0.25, 0.3) is 5.91 Å². The van der Waals surface area contributed by atoms with Gasteiger partial charge in [-0.1, -0.05) is 0 Å². The van der Waals surface area contributed by atoms with Gasteiger partial charge in [-0.05, 0) is 18.2 Å². The van der Waals surface area contributed by atoms with Crippen LogP contribution in [0.15, 0.2) is 18.2 Å². The quantitative estimate of drug-likeness (QED) is 0.711. The molecule has 0 saturated heterocycles. The normalized spacial score (nSPS) is 9.07. The number of phenols is 1. The first-order chi connectivity index (χ1) is 7.19.